The van der Waals surface area contributed by atoms with Gasteiger partial charge in [-0.05, 0) is 24.1 Å². The van der Waals surface area contributed by atoms with Gasteiger partial charge in [-0.15, -0.1) is 0 Å². The Kier molecular flexibility index (Phi) is 4.33. The highest BCUT2D eigenvalue weighted by Crippen LogP contribution is 2.35. The monoisotopic (exact) mass is 368 g/mol. The van der Waals surface area contributed by atoms with Crippen molar-refractivity contribution in [2.24, 2.45) is 0 Å². The van der Waals surface area contributed by atoms with Crippen LogP contribution in [0.2, 0.25) is 0 Å². The van der Waals surface area contributed by atoms with Gasteiger partial charge in [0, 0.05) is 32.9 Å². The number of likely N-dealkylation sites (tertiary alicyclic amines) is 1. The molecule has 0 bridgehead atoms. The lowest BCUT2D eigenvalue weighted by Crippen LogP contribution is -2.68. The summed E-state index contributed by atoms with van der Waals surface area (Å²) in [4.78, 5) is 27.5. The number of urea groups is 1. The molecule has 0 saturated carbocycles. The number of anilines is 1. The lowest BCUT2D eigenvalue weighted by Gasteiger charge is -2.42. The van der Waals surface area contributed by atoms with Gasteiger partial charge in [0.2, 0.25) is 0 Å². The highest BCUT2D eigenvalue weighted by atomic mass is 32.2. The van der Waals surface area contributed by atoms with Crippen LogP contribution in [0.25, 0.3) is 0 Å². The first-order valence-corrected chi connectivity index (χ1v) is 9.21. The van der Waals surface area contributed by atoms with E-state index >= 15 is 0 Å². The largest absolute Gasteiger partial charge is 0.378 e. The zero-order valence-corrected chi connectivity index (χ0v) is 14.7. The zero-order chi connectivity index (χ0) is 18.4. The number of nitrogens with zero attached hydrogens (tertiary/aromatic N) is 3. The number of fused-ring (bicyclic) bond motifs is 1. The Balaban J connectivity index is 1.59. The molecule has 0 aromatic heterocycles. The van der Waals surface area contributed by atoms with Gasteiger partial charge in [-0.25, -0.2) is 9.10 Å². The third-order valence-electron chi connectivity index (χ3n) is 4.54. The van der Waals surface area contributed by atoms with E-state index in [1.165, 1.54) is 4.90 Å². The Hall–Kier alpha value is -2.33. The normalized spacial score (nSPS) is 22.4. The van der Waals surface area contributed by atoms with Crippen molar-refractivity contribution in [3.8, 4) is 0 Å². The number of hydrogen-bond donors (Lipinski definition) is 2. The molecule has 3 amide bonds. The quantitative estimate of drug-likeness (QED) is 0.574. The molecule has 0 radical (unpaired) electrons. The Morgan fingerprint density at radius 3 is 2.52 bits per heavy atom. The summed E-state index contributed by atoms with van der Waals surface area (Å²) in [7, 11) is -0.690. The molecule has 2 unspecified atom stereocenters. The minimum absolute atomic E-state index is 0.262. The summed E-state index contributed by atoms with van der Waals surface area (Å²) < 4.78 is 31.8. The van der Waals surface area contributed by atoms with Crippen molar-refractivity contribution in [1.29, 1.82) is 0 Å². The summed E-state index contributed by atoms with van der Waals surface area (Å²) in [6.07, 6.45) is 0.321. The summed E-state index contributed by atoms with van der Waals surface area (Å²) in [5, 5.41) is 2.74. The van der Waals surface area contributed by atoms with Crippen LogP contribution in [0.5, 0.6) is 0 Å². The Labute approximate surface area is 146 Å². The molecule has 136 valence electrons. The van der Waals surface area contributed by atoms with Gasteiger partial charge in [-0.2, -0.15) is 8.42 Å². The smallest absolute Gasteiger partial charge is 0.362 e. The maximum atomic E-state index is 12.3. The van der Waals surface area contributed by atoms with Gasteiger partial charge in [-0.3, -0.25) is 9.35 Å². The van der Waals surface area contributed by atoms with Gasteiger partial charge in [0.15, 0.2) is 0 Å². The SMILES string of the molecule is CN(C)c1ccc(CNC(=O)N2CCC3C2C(=O)N3S(=O)(=O)O)cc1. The van der Waals surface area contributed by atoms with Crippen LogP contribution < -0.4 is 10.2 Å². The van der Waals surface area contributed by atoms with Crippen molar-refractivity contribution in [2.45, 2.75) is 25.0 Å². The first-order chi connectivity index (χ1) is 11.7. The standard InChI is InChI=1S/C15H20N4O5S/c1-17(2)11-5-3-10(4-6-11)9-16-15(21)18-8-7-12-13(18)14(20)19(12)25(22,23)24/h3-6,12-13H,7-9H2,1-2H3,(H,16,21)(H,22,23,24). The van der Waals surface area contributed by atoms with E-state index in [0.717, 1.165) is 11.3 Å². The molecule has 10 heteroatoms. The second kappa shape index (κ2) is 6.19. The minimum Gasteiger partial charge on any atom is -0.378 e. The summed E-state index contributed by atoms with van der Waals surface area (Å²) >= 11 is 0. The maximum Gasteiger partial charge on any atom is 0.362 e. The molecule has 2 atom stereocenters. The maximum absolute atomic E-state index is 12.3. The molecule has 25 heavy (non-hydrogen) atoms. The van der Waals surface area contributed by atoms with E-state index in [9.17, 15) is 18.0 Å². The van der Waals surface area contributed by atoms with Gasteiger partial charge >= 0.3 is 16.3 Å². The van der Waals surface area contributed by atoms with Gasteiger partial charge in [-0.1, -0.05) is 12.1 Å². The predicted molar refractivity (Wildman–Crippen MR) is 90.3 cm³/mol. The van der Waals surface area contributed by atoms with Crippen molar-refractivity contribution in [3.63, 3.8) is 0 Å². The van der Waals surface area contributed by atoms with Crippen LogP contribution in [0.4, 0.5) is 10.5 Å². The number of β-lactam (4-membered cyclic amide) rings is 1. The highest BCUT2D eigenvalue weighted by molar-refractivity contribution is 7.84. The number of benzene rings is 1. The molecule has 0 aliphatic carbocycles. The van der Waals surface area contributed by atoms with Gasteiger partial charge in [0.1, 0.15) is 6.04 Å². The lowest BCUT2D eigenvalue weighted by atomic mass is 10.0. The molecule has 2 fully saturated rings. The van der Waals surface area contributed by atoms with Gasteiger partial charge < -0.3 is 15.1 Å². The lowest BCUT2D eigenvalue weighted by molar-refractivity contribution is -0.143. The second-order valence-corrected chi connectivity index (χ2v) is 7.61. The van der Waals surface area contributed by atoms with Crippen LogP contribution in [0.15, 0.2) is 24.3 Å². The van der Waals surface area contributed by atoms with Crippen LogP contribution in [0.1, 0.15) is 12.0 Å². The van der Waals surface area contributed by atoms with E-state index in [-0.39, 0.29) is 6.54 Å². The molecule has 1 aromatic carbocycles. The van der Waals surface area contributed by atoms with E-state index in [2.05, 4.69) is 5.32 Å². The molecule has 9 nitrogen and oxygen atoms in total. The fraction of sp³-hybridized carbons (Fsp3) is 0.467. The van der Waals surface area contributed by atoms with E-state index < -0.39 is 34.3 Å². The van der Waals surface area contributed by atoms with Crippen molar-refractivity contribution >= 4 is 27.9 Å². The molecule has 1 aromatic rings. The predicted octanol–water partition coefficient (Wildman–Crippen LogP) is 0.0501. The topological polar surface area (TPSA) is 110 Å². The van der Waals surface area contributed by atoms with E-state index in [1.807, 2.05) is 43.3 Å². The molecule has 3 rings (SSSR count). The Bertz CT molecular complexity index is 793. The van der Waals surface area contributed by atoms with Crippen LogP contribution in [0, 0.1) is 0 Å². The van der Waals surface area contributed by atoms with Crippen LogP contribution in [-0.2, 0) is 21.6 Å². The molecular weight excluding hydrogens is 348 g/mol. The number of nitrogens with one attached hydrogen (secondary N) is 1. The molecule has 2 aliphatic rings. The molecular formula is C15H20N4O5S. The average molecular weight is 368 g/mol. The first-order valence-electron chi connectivity index (χ1n) is 7.81. The fourth-order valence-corrected chi connectivity index (χ4v) is 4.13. The second-order valence-electron chi connectivity index (χ2n) is 6.33. The number of carbonyl (C=O) groups is 2. The van der Waals surface area contributed by atoms with Gasteiger partial charge in [0.05, 0.1) is 6.04 Å². The van der Waals surface area contributed by atoms with Crippen LogP contribution in [-0.4, -0.2) is 66.8 Å². The van der Waals surface area contributed by atoms with Crippen molar-refractivity contribution in [2.75, 3.05) is 25.5 Å². The van der Waals surface area contributed by atoms with Crippen molar-refractivity contribution < 1.29 is 22.6 Å². The summed E-state index contributed by atoms with van der Waals surface area (Å²) in [6, 6.07) is 5.76. The Morgan fingerprint density at radius 2 is 1.96 bits per heavy atom. The van der Waals surface area contributed by atoms with E-state index in [4.69, 9.17) is 4.55 Å². The first kappa shape index (κ1) is 17.5. The Morgan fingerprint density at radius 1 is 1.32 bits per heavy atom. The van der Waals surface area contributed by atoms with Gasteiger partial charge in [0.25, 0.3) is 5.91 Å². The summed E-state index contributed by atoms with van der Waals surface area (Å²) in [5.41, 5.74) is 1.96. The molecule has 0 spiro atoms. The molecule has 2 aliphatic heterocycles. The molecule has 2 saturated heterocycles. The fourth-order valence-electron chi connectivity index (χ4n) is 3.23. The third kappa shape index (κ3) is 3.14. The van der Waals surface area contributed by atoms with E-state index in [0.29, 0.717) is 17.3 Å². The minimum atomic E-state index is -4.56. The van der Waals surface area contributed by atoms with Crippen molar-refractivity contribution in [1.82, 2.24) is 14.5 Å². The van der Waals surface area contributed by atoms with Crippen LogP contribution in [0.3, 0.4) is 0 Å². The number of carbonyl (C=O) groups excluding carboxylic acids is 2. The van der Waals surface area contributed by atoms with E-state index in [1.54, 1.807) is 0 Å². The number of amides is 3. The molecule has 2 heterocycles. The number of rotatable bonds is 4. The van der Waals surface area contributed by atoms with Crippen molar-refractivity contribution in [3.05, 3.63) is 29.8 Å². The summed E-state index contributed by atoms with van der Waals surface area (Å²) in [6.45, 7) is 0.565. The highest BCUT2D eigenvalue weighted by Gasteiger charge is 2.59. The summed E-state index contributed by atoms with van der Waals surface area (Å²) in [5.74, 6) is -0.768. The van der Waals surface area contributed by atoms with Crippen LogP contribution >= 0.6 is 0 Å². The number of hydrogen-bond acceptors (Lipinski definition) is 5. The third-order valence-corrected chi connectivity index (χ3v) is 5.49. The molecule has 2 N–H and O–H groups in total. The average Bonchev–Trinajstić information content (AvgIpc) is 2.90. The zero-order valence-electron chi connectivity index (χ0n) is 13.9.